The van der Waals surface area contributed by atoms with E-state index in [1.165, 1.54) is 24.8 Å². The molecule has 0 saturated heterocycles. The predicted octanol–water partition coefficient (Wildman–Crippen LogP) is 2.68. The minimum atomic E-state index is 0.501. The summed E-state index contributed by atoms with van der Waals surface area (Å²) in [5, 5.41) is 11.6. The van der Waals surface area contributed by atoms with Gasteiger partial charge in [0.15, 0.2) is 0 Å². The fraction of sp³-hybridized carbons (Fsp3) is 0.600. The fourth-order valence-electron chi connectivity index (χ4n) is 2.59. The van der Waals surface area contributed by atoms with Gasteiger partial charge in [-0.25, -0.2) is 0 Å². The third-order valence-electron chi connectivity index (χ3n) is 3.73. The molecule has 20 heavy (non-hydrogen) atoms. The molecule has 0 spiro atoms. The average Bonchev–Trinajstić information content (AvgIpc) is 3.03. The molecule has 0 aliphatic heterocycles. The van der Waals surface area contributed by atoms with Gasteiger partial charge in [0.05, 0.1) is 0 Å². The molecule has 1 aliphatic rings. The van der Waals surface area contributed by atoms with Crippen molar-refractivity contribution < 1.29 is 4.42 Å². The van der Waals surface area contributed by atoms with Crippen LogP contribution in [0.2, 0.25) is 0 Å². The molecule has 1 aliphatic carbocycles. The normalized spacial score (nSPS) is 16.5. The van der Waals surface area contributed by atoms with Gasteiger partial charge in [0.25, 0.3) is 0 Å². The molecular formula is C15H22N4O. The van der Waals surface area contributed by atoms with Crippen molar-refractivity contribution in [2.45, 2.75) is 45.7 Å². The van der Waals surface area contributed by atoms with Crippen LogP contribution in [0.1, 0.15) is 49.6 Å². The van der Waals surface area contributed by atoms with E-state index in [-0.39, 0.29) is 0 Å². The molecule has 0 aromatic carbocycles. The number of hydrogen-bond acceptors (Lipinski definition) is 4. The van der Waals surface area contributed by atoms with Gasteiger partial charge < -0.3 is 14.3 Å². The maximum Gasteiger partial charge on any atom is 0.236 e. The lowest BCUT2D eigenvalue weighted by Gasteiger charge is -2.16. The summed E-state index contributed by atoms with van der Waals surface area (Å²) in [7, 11) is 0. The lowest BCUT2D eigenvalue weighted by Crippen LogP contribution is -2.23. The first kappa shape index (κ1) is 13.4. The Balaban J connectivity index is 1.68. The molecule has 2 aromatic heterocycles. The van der Waals surface area contributed by atoms with E-state index in [1.54, 1.807) is 0 Å². The Kier molecular flexibility index (Phi) is 3.87. The molecule has 0 amide bonds. The molecule has 2 heterocycles. The third kappa shape index (κ3) is 3.10. The molecule has 1 N–H and O–H groups in total. The van der Waals surface area contributed by atoms with Gasteiger partial charge in [0.2, 0.25) is 11.8 Å². The quantitative estimate of drug-likeness (QED) is 0.843. The van der Waals surface area contributed by atoms with Crippen molar-refractivity contribution in [3.63, 3.8) is 0 Å². The highest BCUT2D eigenvalue weighted by Crippen LogP contribution is 2.41. The molecule has 108 valence electrons. The van der Waals surface area contributed by atoms with Crippen LogP contribution in [-0.4, -0.2) is 21.3 Å². The Morgan fingerprint density at radius 3 is 2.95 bits per heavy atom. The summed E-state index contributed by atoms with van der Waals surface area (Å²) < 4.78 is 7.54. The molecule has 1 unspecified atom stereocenters. The van der Waals surface area contributed by atoms with Crippen LogP contribution in [0.25, 0.3) is 0 Å². The topological polar surface area (TPSA) is 55.9 Å². The van der Waals surface area contributed by atoms with Crippen molar-refractivity contribution >= 4 is 0 Å². The molecule has 1 saturated carbocycles. The van der Waals surface area contributed by atoms with Crippen LogP contribution in [0, 0.1) is 12.8 Å². The van der Waals surface area contributed by atoms with Gasteiger partial charge in [-0.1, -0.05) is 6.92 Å². The van der Waals surface area contributed by atoms with Crippen molar-refractivity contribution in [2.24, 2.45) is 5.92 Å². The molecule has 1 fully saturated rings. The SMILES string of the molecule is CCCNC(c1ccn(Cc2nnc(C)o2)c1)C1CC1. The van der Waals surface area contributed by atoms with E-state index in [2.05, 4.69) is 45.5 Å². The van der Waals surface area contributed by atoms with Gasteiger partial charge in [-0.05, 0) is 43.4 Å². The molecular weight excluding hydrogens is 252 g/mol. The van der Waals surface area contributed by atoms with E-state index >= 15 is 0 Å². The van der Waals surface area contributed by atoms with Crippen molar-refractivity contribution in [3.05, 3.63) is 35.8 Å². The van der Waals surface area contributed by atoms with E-state index in [1.807, 2.05) is 6.92 Å². The minimum Gasteiger partial charge on any atom is -0.424 e. The summed E-state index contributed by atoms with van der Waals surface area (Å²) >= 11 is 0. The third-order valence-corrected chi connectivity index (χ3v) is 3.73. The van der Waals surface area contributed by atoms with Gasteiger partial charge >= 0.3 is 0 Å². The highest BCUT2D eigenvalue weighted by atomic mass is 16.4. The monoisotopic (exact) mass is 274 g/mol. The number of nitrogens with one attached hydrogen (secondary N) is 1. The number of nitrogens with zero attached hydrogens (tertiary/aromatic N) is 3. The number of hydrogen-bond donors (Lipinski definition) is 1. The first-order valence-corrected chi connectivity index (χ1v) is 7.44. The second kappa shape index (κ2) is 5.79. The van der Waals surface area contributed by atoms with Crippen molar-refractivity contribution in [1.29, 1.82) is 0 Å². The minimum absolute atomic E-state index is 0.501. The molecule has 1 atom stereocenters. The summed E-state index contributed by atoms with van der Waals surface area (Å²) in [6, 6.07) is 2.70. The smallest absolute Gasteiger partial charge is 0.236 e. The summed E-state index contributed by atoms with van der Waals surface area (Å²) in [5.41, 5.74) is 1.37. The standard InChI is InChI=1S/C15H22N4O/c1-3-7-16-15(12-4-5-12)13-6-8-19(9-13)10-14-18-17-11(2)20-14/h6,8-9,12,15-16H,3-5,7,10H2,1-2H3. The van der Waals surface area contributed by atoms with E-state index in [9.17, 15) is 0 Å². The van der Waals surface area contributed by atoms with Gasteiger partial charge in [-0.3, -0.25) is 0 Å². The second-order valence-corrected chi connectivity index (χ2v) is 5.60. The van der Waals surface area contributed by atoms with Crippen molar-refractivity contribution in [1.82, 2.24) is 20.1 Å². The summed E-state index contributed by atoms with van der Waals surface area (Å²) in [4.78, 5) is 0. The van der Waals surface area contributed by atoms with Crippen LogP contribution in [0.15, 0.2) is 22.9 Å². The van der Waals surface area contributed by atoms with Crippen molar-refractivity contribution in [3.8, 4) is 0 Å². The highest BCUT2D eigenvalue weighted by molar-refractivity contribution is 5.18. The van der Waals surface area contributed by atoms with E-state index < -0.39 is 0 Å². The zero-order valence-corrected chi connectivity index (χ0v) is 12.2. The molecule has 0 bridgehead atoms. The van der Waals surface area contributed by atoms with Gasteiger partial charge in [-0.2, -0.15) is 0 Å². The molecule has 3 rings (SSSR count). The molecule has 2 aromatic rings. The summed E-state index contributed by atoms with van der Waals surface area (Å²) in [6.45, 7) is 5.75. The van der Waals surface area contributed by atoms with Crippen LogP contribution in [0.4, 0.5) is 0 Å². The fourth-order valence-corrected chi connectivity index (χ4v) is 2.59. The number of rotatable bonds is 7. The number of aryl methyl sites for hydroxylation is 1. The van der Waals surface area contributed by atoms with E-state index in [0.717, 1.165) is 12.5 Å². The van der Waals surface area contributed by atoms with Crippen LogP contribution in [0.3, 0.4) is 0 Å². The number of aromatic nitrogens is 3. The van der Waals surface area contributed by atoms with Gasteiger partial charge in [0.1, 0.15) is 6.54 Å². The zero-order valence-electron chi connectivity index (χ0n) is 12.2. The average molecular weight is 274 g/mol. The summed E-state index contributed by atoms with van der Waals surface area (Å²) in [5.74, 6) is 2.09. The Labute approximate surface area is 119 Å². The molecule has 5 nitrogen and oxygen atoms in total. The lowest BCUT2D eigenvalue weighted by atomic mass is 10.1. The van der Waals surface area contributed by atoms with E-state index in [0.29, 0.717) is 24.4 Å². The Bertz CT molecular complexity index is 556. The predicted molar refractivity (Wildman–Crippen MR) is 76.3 cm³/mol. The maximum absolute atomic E-state index is 5.42. The van der Waals surface area contributed by atoms with E-state index in [4.69, 9.17) is 4.42 Å². The first-order valence-electron chi connectivity index (χ1n) is 7.44. The molecule has 5 heteroatoms. The highest BCUT2D eigenvalue weighted by Gasteiger charge is 2.32. The second-order valence-electron chi connectivity index (χ2n) is 5.60. The lowest BCUT2D eigenvalue weighted by molar-refractivity contribution is 0.453. The van der Waals surface area contributed by atoms with Gasteiger partial charge in [0, 0.05) is 25.4 Å². The Hall–Kier alpha value is -1.62. The van der Waals surface area contributed by atoms with Crippen LogP contribution in [-0.2, 0) is 6.54 Å². The van der Waals surface area contributed by atoms with Crippen LogP contribution >= 0.6 is 0 Å². The van der Waals surface area contributed by atoms with Crippen LogP contribution in [0.5, 0.6) is 0 Å². The zero-order chi connectivity index (χ0) is 13.9. The summed E-state index contributed by atoms with van der Waals surface area (Å²) in [6.07, 6.45) is 8.15. The van der Waals surface area contributed by atoms with Crippen LogP contribution < -0.4 is 5.32 Å². The maximum atomic E-state index is 5.42. The van der Waals surface area contributed by atoms with Gasteiger partial charge in [-0.15, -0.1) is 10.2 Å². The van der Waals surface area contributed by atoms with Crippen molar-refractivity contribution in [2.75, 3.05) is 6.54 Å². The molecule has 0 radical (unpaired) electrons. The Morgan fingerprint density at radius 1 is 1.45 bits per heavy atom. The largest absolute Gasteiger partial charge is 0.424 e. The Morgan fingerprint density at radius 2 is 2.30 bits per heavy atom. The first-order chi connectivity index (χ1) is 9.76.